The minimum Gasteiger partial charge on any atom is -0.377 e. The summed E-state index contributed by atoms with van der Waals surface area (Å²) in [6, 6.07) is 6.81. The fourth-order valence-electron chi connectivity index (χ4n) is 1.81. The monoisotopic (exact) mass is 308 g/mol. The zero-order chi connectivity index (χ0) is 13.1. The second kappa shape index (κ2) is 5.48. The number of aryl methyl sites for hydroxylation is 1. The van der Waals surface area contributed by atoms with Gasteiger partial charge in [0.1, 0.15) is 5.82 Å². The quantitative estimate of drug-likeness (QED) is 0.905. The summed E-state index contributed by atoms with van der Waals surface area (Å²) in [5.41, 5.74) is 2.59. The van der Waals surface area contributed by atoms with Crippen LogP contribution in [-0.4, -0.2) is 4.98 Å². The van der Waals surface area contributed by atoms with Crippen molar-refractivity contribution in [2.75, 3.05) is 5.32 Å². The maximum Gasteiger partial charge on any atom is 0.128 e. The molecule has 1 unspecified atom stereocenters. The van der Waals surface area contributed by atoms with Gasteiger partial charge in [0.15, 0.2) is 0 Å². The molecule has 1 N–H and O–H groups in total. The molecule has 0 aliphatic carbocycles. The van der Waals surface area contributed by atoms with Gasteiger partial charge in [-0.3, -0.25) is 4.98 Å². The molecule has 1 heterocycles. The first-order chi connectivity index (χ1) is 8.56. The Hall–Kier alpha value is -1.42. The Kier molecular flexibility index (Phi) is 3.97. The predicted octanol–water partition coefficient (Wildman–Crippen LogP) is 4.46. The zero-order valence-electron chi connectivity index (χ0n) is 10.2. The first-order valence-electron chi connectivity index (χ1n) is 5.69. The molecule has 0 saturated carbocycles. The lowest BCUT2D eigenvalue weighted by Gasteiger charge is -2.16. The van der Waals surface area contributed by atoms with Gasteiger partial charge in [-0.15, -0.1) is 0 Å². The van der Waals surface area contributed by atoms with Gasteiger partial charge in [-0.1, -0.05) is 15.9 Å². The van der Waals surface area contributed by atoms with Crippen molar-refractivity contribution in [1.82, 2.24) is 4.98 Å². The molecule has 0 aliphatic heterocycles. The molecule has 0 amide bonds. The van der Waals surface area contributed by atoms with Crippen LogP contribution in [0.25, 0.3) is 0 Å². The van der Waals surface area contributed by atoms with Crippen molar-refractivity contribution in [3.8, 4) is 0 Å². The molecule has 0 spiro atoms. The Morgan fingerprint density at radius 2 is 2.06 bits per heavy atom. The van der Waals surface area contributed by atoms with Crippen molar-refractivity contribution in [2.24, 2.45) is 0 Å². The summed E-state index contributed by atoms with van der Waals surface area (Å²) >= 11 is 3.35. The molecule has 0 radical (unpaired) electrons. The van der Waals surface area contributed by atoms with Crippen LogP contribution in [0.3, 0.4) is 0 Å². The van der Waals surface area contributed by atoms with E-state index in [-0.39, 0.29) is 11.9 Å². The smallest absolute Gasteiger partial charge is 0.128 e. The highest BCUT2D eigenvalue weighted by atomic mass is 79.9. The van der Waals surface area contributed by atoms with Crippen LogP contribution in [0.4, 0.5) is 10.1 Å². The van der Waals surface area contributed by atoms with Gasteiger partial charge in [-0.2, -0.15) is 0 Å². The number of hydrogen-bond donors (Lipinski definition) is 1. The average Bonchev–Trinajstić information content (AvgIpc) is 2.32. The molecule has 2 aromatic rings. The number of rotatable bonds is 3. The van der Waals surface area contributed by atoms with Crippen molar-refractivity contribution < 1.29 is 4.39 Å². The highest BCUT2D eigenvalue weighted by Crippen LogP contribution is 2.24. The number of nitrogens with one attached hydrogen (secondary N) is 1. The first kappa shape index (κ1) is 13.0. The van der Waals surface area contributed by atoms with E-state index >= 15 is 0 Å². The van der Waals surface area contributed by atoms with E-state index in [1.165, 1.54) is 6.07 Å². The van der Waals surface area contributed by atoms with Crippen LogP contribution >= 0.6 is 15.9 Å². The van der Waals surface area contributed by atoms with Gasteiger partial charge in [0.05, 0.1) is 11.7 Å². The van der Waals surface area contributed by atoms with Crippen molar-refractivity contribution in [2.45, 2.75) is 19.9 Å². The number of pyridine rings is 1. The third-order valence-corrected chi connectivity index (χ3v) is 3.18. The summed E-state index contributed by atoms with van der Waals surface area (Å²) in [5.74, 6) is -0.209. The molecule has 1 atom stereocenters. The number of hydrogen-bond acceptors (Lipinski definition) is 2. The van der Waals surface area contributed by atoms with E-state index < -0.39 is 0 Å². The maximum absolute atomic E-state index is 13.7. The summed E-state index contributed by atoms with van der Waals surface area (Å²) in [6.45, 7) is 3.90. The van der Waals surface area contributed by atoms with Crippen LogP contribution in [0.1, 0.15) is 24.1 Å². The van der Waals surface area contributed by atoms with E-state index in [0.29, 0.717) is 5.56 Å². The number of halogens is 2. The van der Waals surface area contributed by atoms with E-state index in [9.17, 15) is 4.39 Å². The molecule has 0 aliphatic rings. The van der Waals surface area contributed by atoms with Gasteiger partial charge >= 0.3 is 0 Å². The molecular formula is C14H14BrFN2. The molecule has 1 aromatic carbocycles. The molecule has 2 nitrogen and oxygen atoms in total. The normalized spacial score (nSPS) is 12.2. The molecule has 4 heteroatoms. The third-order valence-electron chi connectivity index (χ3n) is 2.68. The Bertz CT molecular complexity index is 557. The second-order valence-corrected chi connectivity index (χ2v) is 5.20. The van der Waals surface area contributed by atoms with Crippen LogP contribution in [0, 0.1) is 12.7 Å². The minimum atomic E-state index is -0.209. The van der Waals surface area contributed by atoms with Crippen LogP contribution < -0.4 is 5.32 Å². The minimum absolute atomic E-state index is 0.119. The summed E-state index contributed by atoms with van der Waals surface area (Å²) in [7, 11) is 0. The number of nitrogens with zero attached hydrogens (tertiary/aromatic N) is 1. The van der Waals surface area contributed by atoms with Crippen molar-refractivity contribution >= 4 is 21.6 Å². The Morgan fingerprint density at radius 3 is 2.78 bits per heavy atom. The van der Waals surface area contributed by atoms with E-state index in [0.717, 1.165) is 15.7 Å². The van der Waals surface area contributed by atoms with Crippen molar-refractivity contribution in [1.29, 1.82) is 0 Å². The fourth-order valence-corrected chi connectivity index (χ4v) is 2.19. The SMILES string of the molecule is Cc1cncc(NC(C)c2cc(Br)ccc2F)c1. The summed E-state index contributed by atoms with van der Waals surface area (Å²) < 4.78 is 14.6. The summed E-state index contributed by atoms with van der Waals surface area (Å²) in [4.78, 5) is 4.11. The van der Waals surface area contributed by atoms with E-state index in [2.05, 4.69) is 26.2 Å². The standard InChI is InChI=1S/C14H14BrFN2/c1-9-5-12(8-17-7-9)18-10(2)13-6-11(15)3-4-14(13)16/h3-8,10,18H,1-2H3. The Balaban J connectivity index is 2.21. The van der Waals surface area contributed by atoms with Crippen LogP contribution in [0.15, 0.2) is 41.1 Å². The van der Waals surface area contributed by atoms with Gasteiger partial charge in [-0.05, 0) is 43.7 Å². The van der Waals surface area contributed by atoms with E-state index in [4.69, 9.17) is 0 Å². The molecule has 0 saturated heterocycles. The molecule has 0 bridgehead atoms. The fraction of sp³-hybridized carbons (Fsp3) is 0.214. The molecule has 0 fully saturated rings. The average molecular weight is 309 g/mol. The second-order valence-electron chi connectivity index (χ2n) is 4.28. The highest BCUT2D eigenvalue weighted by molar-refractivity contribution is 9.10. The van der Waals surface area contributed by atoms with E-state index in [1.54, 1.807) is 24.5 Å². The Labute approximate surface area is 114 Å². The lowest BCUT2D eigenvalue weighted by molar-refractivity contribution is 0.600. The third kappa shape index (κ3) is 3.07. The number of benzene rings is 1. The van der Waals surface area contributed by atoms with Gasteiger partial charge in [-0.25, -0.2) is 4.39 Å². The topological polar surface area (TPSA) is 24.9 Å². The number of aromatic nitrogens is 1. The van der Waals surface area contributed by atoms with Gasteiger partial charge in [0, 0.05) is 22.4 Å². The van der Waals surface area contributed by atoms with Gasteiger partial charge < -0.3 is 5.32 Å². The molecule has 94 valence electrons. The first-order valence-corrected chi connectivity index (χ1v) is 6.48. The van der Waals surface area contributed by atoms with Crippen molar-refractivity contribution in [3.05, 3.63) is 58.1 Å². The van der Waals surface area contributed by atoms with Crippen molar-refractivity contribution in [3.63, 3.8) is 0 Å². The van der Waals surface area contributed by atoms with E-state index in [1.807, 2.05) is 19.9 Å². The molecule has 18 heavy (non-hydrogen) atoms. The summed E-state index contributed by atoms with van der Waals surface area (Å²) in [6.07, 6.45) is 3.52. The summed E-state index contributed by atoms with van der Waals surface area (Å²) in [5, 5.41) is 3.24. The lowest BCUT2D eigenvalue weighted by atomic mass is 10.1. The molecular weight excluding hydrogens is 295 g/mol. The maximum atomic E-state index is 13.7. The van der Waals surface area contributed by atoms with Crippen LogP contribution in [0.5, 0.6) is 0 Å². The van der Waals surface area contributed by atoms with Gasteiger partial charge in [0.2, 0.25) is 0 Å². The Morgan fingerprint density at radius 1 is 1.28 bits per heavy atom. The zero-order valence-corrected chi connectivity index (χ0v) is 11.8. The number of anilines is 1. The molecule has 2 rings (SSSR count). The lowest BCUT2D eigenvalue weighted by Crippen LogP contribution is -2.09. The predicted molar refractivity (Wildman–Crippen MR) is 75.1 cm³/mol. The van der Waals surface area contributed by atoms with Crippen LogP contribution in [-0.2, 0) is 0 Å². The largest absolute Gasteiger partial charge is 0.377 e. The van der Waals surface area contributed by atoms with Gasteiger partial charge in [0.25, 0.3) is 0 Å². The highest BCUT2D eigenvalue weighted by Gasteiger charge is 2.11. The van der Waals surface area contributed by atoms with Crippen LogP contribution in [0.2, 0.25) is 0 Å². The molecule has 1 aromatic heterocycles.